The van der Waals surface area contributed by atoms with Gasteiger partial charge in [-0.2, -0.15) is 0 Å². The van der Waals surface area contributed by atoms with Gasteiger partial charge < -0.3 is 10.3 Å². The summed E-state index contributed by atoms with van der Waals surface area (Å²) < 4.78 is 0. The van der Waals surface area contributed by atoms with Crippen LogP contribution in [0, 0.1) is 0 Å². The summed E-state index contributed by atoms with van der Waals surface area (Å²) in [6.45, 7) is 4.04. The van der Waals surface area contributed by atoms with E-state index in [4.69, 9.17) is 0 Å². The smallest absolute Gasteiger partial charge is 0.251 e. The highest BCUT2D eigenvalue weighted by atomic mass is 16.2. The van der Waals surface area contributed by atoms with E-state index in [0.717, 1.165) is 12.8 Å². The fourth-order valence-corrected chi connectivity index (χ4v) is 1.35. The second-order valence-corrected chi connectivity index (χ2v) is 3.43. The number of hydrogen-bond donors (Lipinski definition) is 2. The fraction of sp³-hybridized carbons (Fsp3) is 0.455. The van der Waals surface area contributed by atoms with Gasteiger partial charge in [0, 0.05) is 23.9 Å². The molecule has 0 aromatic carbocycles. The minimum atomic E-state index is -0.257. The summed E-state index contributed by atoms with van der Waals surface area (Å²) in [5, 5.41) is 2.87. The van der Waals surface area contributed by atoms with Crippen LogP contribution in [0.1, 0.15) is 37.0 Å². The third-order valence-corrected chi connectivity index (χ3v) is 2.36. The third-order valence-electron chi connectivity index (χ3n) is 2.36. The summed E-state index contributed by atoms with van der Waals surface area (Å²) in [7, 11) is 0. The molecule has 0 fully saturated rings. The van der Waals surface area contributed by atoms with Crippen LogP contribution in [0.25, 0.3) is 0 Å². The molecule has 4 nitrogen and oxygen atoms in total. The lowest BCUT2D eigenvalue weighted by atomic mass is 10.1. The fourth-order valence-electron chi connectivity index (χ4n) is 1.35. The van der Waals surface area contributed by atoms with E-state index in [-0.39, 0.29) is 17.5 Å². The molecule has 2 N–H and O–H groups in total. The molecule has 0 saturated heterocycles. The van der Waals surface area contributed by atoms with Crippen LogP contribution in [0.5, 0.6) is 0 Å². The molecule has 0 bridgehead atoms. The van der Waals surface area contributed by atoms with Gasteiger partial charge in [-0.05, 0) is 18.9 Å². The SMILES string of the molecule is CCC(CC)NC(=O)c1cc[nH]c(=O)c1. The van der Waals surface area contributed by atoms with Crippen LogP contribution in [-0.2, 0) is 0 Å². The van der Waals surface area contributed by atoms with E-state index in [9.17, 15) is 9.59 Å². The molecule has 1 rings (SSSR count). The number of amides is 1. The Balaban J connectivity index is 2.73. The Morgan fingerprint density at radius 3 is 2.67 bits per heavy atom. The molecule has 0 radical (unpaired) electrons. The zero-order valence-corrected chi connectivity index (χ0v) is 9.04. The maximum Gasteiger partial charge on any atom is 0.251 e. The largest absolute Gasteiger partial charge is 0.349 e. The standard InChI is InChI=1S/C11H16N2O2/c1-3-9(4-2)13-11(15)8-5-6-12-10(14)7-8/h5-7,9H,3-4H2,1-2H3,(H,12,14)(H,13,15). The highest BCUT2D eigenvalue weighted by molar-refractivity contribution is 5.94. The number of aromatic amines is 1. The molecule has 0 aliphatic rings. The van der Waals surface area contributed by atoms with Crippen molar-refractivity contribution < 1.29 is 4.79 Å². The first kappa shape index (κ1) is 11.5. The molecule has 1 aromatic rings. The minimum Gasteiger partial charge on any atom is -0.349 e. The van der Waals surface area contributed by atoms with Gasteiger partial charge in [0.15, 0.2) is 0 Å². The molecule has 1 amide bonds. The van der Waals surface area contributed by atoms with Crippen molar-refractivity contribution >= 4 is 5.91 Å². The summed E-state index contributed by atoms with van der Waals surface area (Å²) in [5.74, 6) is -0.185. The zero-order valence-electron chi connectivity index (χ0n) is 9.04. The summed E-state index contributed by atoms with van der Waals surface area (Å²) in [5.41, 5.74) is 0.151. The van der Waals surface area contributed by atoms with Gasteiger partial charge >= 0.3 is 0 Å². The summed E-state index contributed by atoms with van der Waals surface area (Å²) >= 11 is 0. The molecular formula is C11H16N2O2. The molecule has 82 valence electrons. The Labute approximate surface area is 88.7 Å². The van der Waals surface area contributed by atoms with Crippen molar-refractivity contribution in [3.8, 4) is 0 Å². The Morgan fingerprint density at radius 2 is 2.13 bits per heavy atom. The van der Waals surface area contributed by atoms with Crippen molar-refractivity contribution in [2.75, 3.05) is 0 Å². The summed E-state index contributed by atoms with van der Waals surface area (Å²) in [6.07, 6.45) is 3.26. The Hall–Kier alpha value is -1.58. The van der Waals surface area contributed by atoms with Crippen molar-refractivity contribution in [2.45, 2.75) is 32.7 Å². The predicted octanol–water partition coefficient (Wildman–Crippen LogP) is 1.29. The third kappa shape index (κ3) is 3.23. The van der Waals surface area contributed by atoms with E-state index in [2.05, 4.69) is 10.3 Å². The lowest BCUT2D eigenvalue weighted by Gasteiger charge is -2.14. The predicted molar refractivity (Wildman–Crippen MR) is 58.9 cm³/mol. The first-order chi connectivity index (χ1) is 7.17. The lowest BCUT2D eigenvalue weighted by molar-refractivity contribution is 0.0934. The molecule has 0 saturated carbocycles. The molecular weight excluding hydrogens is 192 g/mol. The molecule has 15 heavy (non-hydrogen) atoms. The number of hydrogen-bond acceptors (Lipinski definition) is 2. The average molecular weight is 208 g/mol. The Morgan fingerprint density at radius 1 is 1.47 bits per heavy atom. The van der Waals surface area contributed by atoms with Gasteiger partial charge in [-0.3, -0.25) is 9.59 Å². The van der Waals surface area contributed by atoms with Crippen molar-refractivity contribution in [2.24, 2.45) is 0 Å². The Bertz CT molecular complexity index is 380. The zero-order chi connectivity index (χ0) is 11.3. The number of aromatic nitrogens is 1. The van der Waals surface area contributed by atoms with Crippen molar-refractivity contribution in [3.63, 3.8) is 0 Å². The normalized spacial score (nSPS) is 10.3. The number of carbonyl (C=O) groups is 1. The van der Waals surface area contributed by atoms with E-state index in [1.165, 1.54) is 12.3 Å². The van der Waals surface area contributed by atoms with E-state index in [1.807, 2.05) is 13.8 Å². The van der Waals surface area contributed by atoms with Gasteiger partial charge in [0.25, 0.3) is 5.91 Å². The van der Waals surface area contributed by atoms with Crippen molar-refractivity contribution in [3.05, 3.63) is 34.2 Å². The van der Waals surface area contributed by atoms with Gasteiger partial charge in [-0.1, -0.05) is 13.8 Å². The second-order valence-electron chi connectivity index (χ2n) is 3.43. The van der Waals surface area contributed by atoms with Crippen LogP contribution in [0.3, 0.4) is 0 Å². The topological polar surface area (TPSA) is 62.0 Å². The number of rotatable bonds is 4. The molecule has 1 heterocycles. The number of carbonyl (C=O) groups excluding carboxylic acids is 1. The average Bonchev–Trinajstić information content (AvgIpc) is 2.25. The van der Waals surface area contributed by atoms with Gasteiger partial charge in [0.1, 0.15) is 0 Å². The maximum absolute atomic E-state index is 11.7. The van der Waals surface area contributed by atoms with E-state index in [0.29, 0.717) is 5.56 Å². The van der Waals surface area contributed by atoms with Gasteiger partial charge in [0.05, 0.1) is 0 Å². The van der Waals surface area contributed by atoms with Crippen LogP contribution in [0.15, 0.2) is 23.1 Å². The van der Waals surface area contributed by atoms with Crippen LogP contribution in [0.4, 0.5) is 0 Å². The summed E-state index contributed by atoms with van der Waals surface area (Å²) in [4.78, 5) is 25.1. The van der Waals surface area contributed by atoms with Gasteiger partial charge in [-0.15, -0.1) is 0 Å². The molecule has 0 unspecified atom stereocenters. The second kappa shape index (κ2) is 5.34. The van der Waals surface area contributed by atoms with E-state index in [1.54, 1.807) is 6.07 Å². The van der Waals surface area contributed by atoms with E-state index >= 15 is 0 Å². The van der Waals surface area contributed by atoms with Gasteiger partial charge in [-0.25, -0.2) is 0 Å². The highest BCUT2D eigenvalue weighted by Gasteiger charge is 2.10. The first-order valence-electron chi connectivity index (χ1n) is 5.17. The molecule has 0 atom stereocenters. The van der Waals surface area contributed by atoms with Crippen LogP contribution < -0.4 is 10.9 Å². The van der Waals surface area contributed by atoms with Crippen LogP contribution in [0.2, 0.25) is 0 Å². The van der Waals surface area contributed by atoms with Crippen molar-refractivity contribution in [1.29, 1.82) is 0 Å². The molecule has 0 aliphatic carbocycles. The first-order valence-corrected chi connectivity index (χ1v) is 5.17. The van der Waals surface area contributed by atoms with Crippen molar-refractivity contribution in [1.82, 2.24) is 10.3 Å². The number of nitrogens with one attached hydrogen (secondary N) is 2. The molecule has 0 spiro atoms. The number of H-pyrrole nitrogens is 1. The summed E-state index contributed by atoms with van der Waals surface area (Å²) in [6, 6.07) is 3.08. The molecule has 0 aliphatic heterocycles. The molecule has 1 aromatic heterocycles. The molecule has 4 heteroatoms. The van der Waals surface area contributed by atoms with Crippen LogP contribution in [-0.4, -0.2) is 16.9 Å². The monoisotopic (exact) mass is 208 g/mol. The van der Waals surface area contributed by atoms with E-state index < -0.39 is 0 Å². The van der Waals surface area contributed by atoms with Crippen LogP contribution >= 0.6 is 0 Å². The maximum atomic E-state index is 11.7. The lowest BCUT2D eigenvalue weighted by Crippen LogP contribution is -2.34. The minimum absolute atomic E-state index is 0.178. The van der Waals surface area contributed by atoms with Gasteiger partial charge in [0.2, 0.25) is 5.56 Å². The Kier molecular flexibility index (Phi) is 4.09. The number of pyridine rings is 1. The highest BCUT2D eigenvalue weighted by Crippen LogP contribution is 1.99. The quantitative estimate of drug-likeness (QED) is 0.783.